The van der Waals surface area contributed by atoms with Crippen molar-refractivity contribution in [1.29, 1.82) is 0 Å². The van der Waals surface area contributed by atoms with Gasteiger partial charge in [-0.1, -0.05) is 24.4 Å². The van der Waals surface area contributed by atoms with Gasteiger partial charge in [0.2, 0.25) is 5.91 Å². The van der Waals surface area contributed by atoms with Crippen LogP contribution in [0.2, 0.25) is 0 Å². The molecule has 0 aliphatic rings. The molecule has 0 heterocycles. The number of nitrogens with one attached hydrogen (secondary N) is 1. The van der Waals surface area contributed by atoms with Crippen LogP contribution in [0.15, 0.2) is 24.3 Å². The smallest absolute Gasteiger partial charge is 0.234 e. The van der Waals surface area contributed by atoms with E-state index in [9.17, 15) is 4.79 Å². The van der Waals surface area contributed by atoms with Gasteiger partial charge in [-0.15, -0.1) is 0 Å². The lowest BCUT2D eigenvalue weighted by atomic mass is 10.1. The summed E-state index contributed by atoms with van der Waals surface area (Å²) in [4.78, 5) is 11.9. The highest BCUT2D eigenvalue weighted by atomic mass is 32.1. The topological polar surface area (TPSA) is 64.3 Å². The molecule has 1 unspecified atom stereocenters. The zero-order chi connectivity index (χ0) is 12.1. The third kappa shape index (κ3) is 2.93. The molecule has 1 rings (SSSR count). The minimum absolute atomic E-state index is 0.174. The van der Waals surface area contributed by atoms with Gasteiger partial charge in [0.05, 0.1) is 23.7 Å². The number of carbonyl (C=O) groups excluding carboxylic acids is 1. The second kappa shape index (κ2) is 5.46. The van der Waals surface area contributed by atoms with Gasteiger partial charge in [-0.25, -0.2) is 0 Å². The first-order valence-electron chi connectivity index (χ1n) is 4.79. The molecule has 0 aliphatic carbocycles. The standard InChI is InChI=1S/C11H14N2O2S/c1-7(10(12)16)11(14)13-8-5-3-4-6-9(8)15-2/h3-7H,1-2H3,(H2,12,16)(H,13,14). The van der Waals surface area contributed by atoms with Gasteiger partial charge < -0.3 is 15.8 Å². The van der Waals surface area contributed by atoms with Gasteiger partial charge in [-0.2, -0.15) is 0 Å². The van der Waals surface area contributed by atoms with Crippen LogP contribution in [0.4, 0.5) is 5.69 Å². The summed E-state index contributed by atoms with van der Waals surface area (Å²) in [6.45, 7) is 1.66. The summed E-state index contributed by atoms with van der Waals surface area (Å²) < 4.78 is 5.11. The molecule has 0 fully saturated rings. The maximum absolute atomic E-state index is 11.7. The van der Waals surface area contributed by atoms with E-state index in [-0.39, 0.29) is 10.9 Å². The number of hydrogen-bond donors (Lipinski definition) is 2. The van der Waals surface area contributed by atoms with E-state index in [1.807, 2.05) is 12.1 Å². The van der Waals surface area contributed by atoms with E-state index in [4.69, 9.17) is 22.7 Å². The quantitative estimate of drug-likeness (QED) is 0.781. The number of hydrogen-bond acceptors (Lipinski definition) is 3. The van der Waals surface area contributed by atoms with Crippen LogP contribution in [-0.2, 0) is 4.79 Å². The Labute approximate surface area is 99.8 Å². The average molecular weight is 238 g/mol. The first-order valence-corrected chi connectivity index (χ1v) is 5.20. The molecule has 16 heavy (non-hydrogen) atoms. The predicted molar refractivity (Wildman–Crippen MR) is 67.6 cm³/mol. The molecular formula is C11H14N2O2S. The van der Waals surface area contributed by atoms with Gasteiger partial charge >= 0.3 is 0 Å². The summed E-state index contributed by atoms with van der Waals surface area (Å²) >= 11 is 4.76. The number of rotatable bonds is 4. The Morgan fingerprint density at radius 1 is 1.50 bits per heavy atom. The zero-order valence-electron chi connectivity index (χ0n) is 9.19. The van der Waals surface area contributed by atoms with Crippen molar-refractivity contribution in [3.8, 4) is 5.75 Å². The van der Waals surface area contributed by atoms with Crippen LogP contribution in [0.5, 0.6) is 5.75 Å². The summed E-state index contributed by atoms with van der Waals surface area (Å²) in [5.74, 6) is -0.136. The molecule has 4 nitrogen and oxygen atoms in total. The lowest BCUT2D eigenvalue weighted by Gasteiger charge is -2.13. The third-order valence-corrected chi connectivity index (χ3v) is 2.54. The van der Waals surface area contributed by atoms with Gasteiger partial charge in [0.25, 0.3) is 0 Å². The molecule has 0 aromatic heterocycles. The number of carbonyl (C=O) groups is 1. The maximum Gasteiger partial charge on any atom is 0.234 e. The SMILES string of the molecule is COc1ccccc1NC(=O)C(C)C(N)=S. The molecule has 0 saturated heterocycles. The van der Waals surface area contributed by atoms with Crippen molar-refractivity contribution in [2.45, 2.75) is 6.92 Å². The summed E-state index contributed by atoms with van der Waals surface area (Å²) in [7, 11) is 1.54. The van der Waals surface area contributed by atoms with Crippen LogP contribution in [0.3, 0.4) is 0 Å². The minimum Gasteiger partial charge on any atom is -0.495 e. The molecule has 0 bridgehead atoms. The van der Waals surface area contributed by atoms with Gasteiger partial charge in [0.1, 0.15) is 5.75 Å². The Bertz CT molecular complexity index is 407. The molecule has 1 aromatic carbocycles. The highest BCUT2D eigenvalue weighted by molar-refractivity contribution is 7.80. The first-order chi connectivity index (χ1) is 7.56. The van der Waals surface area contributed by atoms with Crippen molar-refractivity contribution in [3.63, 3.8) is 0 Å². The summed E-state index contributed by atoms with van der Waals surface area (Å²) in [6, 6.07) is 7.15. The number of anilines is 1. The van der Waals surface area contributed by atoms with Crippen LogP contribution < -0.4 is 15.8 Å². The summed E-state index contributed by atoms with van der Waals surface area (Å²) in [5, 5.41) is 2.71. The van der Waals surface area contributed by atoms with Gasteiger partial charge in [-0.05, 0) is 19.1 Å². The summed E-state index contributed by atoms with van der Waals surface area (Å²) in [6.07, 6.45) is 0. The Balaban J connectivity index is 2.80. The van der Waals surface area contributed by atoms with Crippen LogP contribution in [0.1, 0.15) is 6.92 Å². The molecule has 0 spiro atoms. The lowest BCUT2D eigenvalue weighted by Crippen LogP contribution is -2.30. The fourth-order valence-electron chi connectivity index (χ4n) is 1.12. The Morgan fingerprint density at radius 3 is 2.69 bits per heavy atom. The Morgan fingerprint density at radius 2 is 2.12 bits per heavy atom. The number of ether oxygens (including phenoxy) is 1. The van der Waals surface area contributed by atoms with Crippen LogP contribution >= 0.6 is 12.2 Å². The van der Waals surface area contributed by atoms with Crippen molar-refractivity contribution >= 4 is 28.8 Å². The molecule has 1 amide bonds. The first kappa shape index (κ1) is 12.4. The van der Waals surface area contributed by atoms with Gasteiger partial charge in [-0.3, -0.25) is 4.79 Å². The van der Waals surface area contributed by atoms with E-state index < -0.39 is 5.92 Å². The second-order valence-electron chi connectivity index (χ2n) is 3.31. The molecule has 3 N–H and O–H groups in total. The van der Waals surface area contributed by atoms with E-state index in [1.165, 1.54) is 0 Å². The lowest BCUT2D eigenvalue weighted by molar-refractivity contribution is -0.117. The second-order valence-corrected chi connectivity index (χ2v) is 3.78. The molecule has 0 radical (unpaired) electrons. The predicted octanol–water partition coefficient (Wildman–Crippen LogP) is 1.56. The Kier molecular flexibility index (Phi) is 4.25. The number of benzene rings is 1. The molecule has 5 heteroatoms. The number of amides is 1. The van der Waals surface area contributed by atoms with Crippen molar-refractivity contribution in [2.75, 3.05) is 12.4 Å². The molecule has 0 aliphatic heterocycles. The third-order valence-electron chi connectivity index (χ3n) is 2.18. The van der Waals surface area contributed by atoms with E-state index in [2.05, 4.69) is 5.32 Å². The minimum atomic E-state index is -0.500. The van der Waals surface area contributed by atoms with Crippen molar-refractivity contribution in [3.05, 3.63) is 24.3 Å². The molecule has 0 saturated carbocycles. The van der Waals surface area contributed by atoms with Crippen LogP contribution in [-0.4, -0.2) is 18.0 Å². The number of methoxy groups -OCH3 is 1. The molecule has 1 aromatic rings. The fourth-order valence-corrected chi connectivity index (χ4v) is 1.23. The van der Waals surface area contributed by atoms with Crippen molar-refractivity contribution < 1.29 is 9.53 Å². The number of thiocarbonyl (C=S) groups is 1. The highest BCUT2D eigenvalue weighted by Gasteiger charge is 2.16. The van der Waals surface area contributed by atoms with E-state index >= 15 is 0 Å². The number of nitrogens with two attached hydrogens (primary N) is 1. The molecular weight excluding hydrogens is 224 g/mol. The monoisotopic (exact) mass is 238 g/mol. The van der Waals surface area contributed by atoms with Crippen molar-refractivity contribution in [2.24, 2.45) is 11.7 Å². The average Bonchev–Trinajstić information content (AvgIpc) is 2.28. The van der Waals surface area contributed by atoms with Crippen LogP contribution in [0, 0.1) is 5.92 Å². The van der Waals surface area contributed by atoms with E-state index in [0.29, 0.717) is 11.4 Å². The fraction of sp³-hybridized carbons (Fsp3) is 0.273. The largest absolute Gasteiger partial charge is 0.495 e. The zero-order valence-corrected chi connectivity index (χ0v) is 10.0. The van der Waals surface area contributed by atoms with Crippen LogP contribution in [0.25, 0.3) is 0 Å². The maximum atomic E-state index is 11.7. The normalized spacial score (nSPS) is 11.6. The molecule has 86 valence electrons. The number of para-hydroxylation sites is 2. The molecule has 1 atom stereocenters. The summed E-state index contributed by atoms with van der Waals surface area (Å²) in [5.41, 5.74) is 6.01. The highest BCUT2D eigenvalue weighted by Crippen LogP contribution is 2.23. The van der Waals surface area contributed by atoms with E-state index in [1.54, 1.807) is 26.2 Å². The Hall–Kier alpha value is -1.62. The van der Waals surface area contributed by atoms with E-state index in [0.717, 1.165) is 0 Å². The van der Waals surface area contributed by atoms with Gasteiger partial charge in [0, 0.05) is 0 Å². The van der Waals surface area contributed by atoms with Crippen molar-refractivity contribution in [1.82, 2.24) is 0 Å². The van der Waals surface area contributed by atoms with Gasteiger partial charge in [0.15, 0.2) is 0 Å².